The first-order valence-electron chi connectivity index (χ1n) is 10.3. The molecule has 2 N–H and O–H groups in total. The topological polar surface area (TPSA) is 88.4 Å². The molecule has 1 heterocycles. The average Bonchev–Trinajstić information content (AvgIpc) is 3.31. The van der Waals surface area contributed by atoms with E-state index in [4.69, 9.17) is 4.42 Å². The van der Waals surface area contributed by atoms with Gasteiger partial charge in [0.15, 0.2) is 0 Å². The van der Waals surface area contributed by atoms with Crippen LogP contribution in [0.15, 0.2) is 88.4 Å². The summed E-state index contributed by atoms with van der Waals surface area (Å²) in [4.78, 5) is 13.0. The molecule has 1 amide bonds. The van der Waals surface area contributed by atoms with Crippen molar-refractivity contribution in [3.63, 3.8) is 0 Å². The molecule has 0 saturated heterocycles. The van der Waals surface area contributed by atoms with Crippen LogP contribution < -0.4 is 10.0 Å². The van der Waals surface area contributed by atoms with Crippen LogP contribution >= 0.6 is 0 Å². The van der Waals surface area contributed by atoms with Gasteiger partial charge in [0.25, 0.3) is 5.91 Å². The molecule has 0 aliphatic carbocycles. The molecule has 0 radical (unpaired) electrons. The third-order valence-corrected chi connectivity index (χ3v) is 6.80. The van der Waals surface area contributed by atoms with Gasteiger partial charge in [-0.25, -0.2) is 13.1 Å². The number of sulfonamides is 1. The van der Waals surface area contributed by atoms with Crippen LogP contribution in [0.4, 0.5) is 0 Å². The zero-order chi connectivity index (χ0) is 22.7. The number of hydrogen-bond donors (Lipinski definition) is 2. The Bertz CT molecular complexity index is 1360. The molecule has 7 heteroatoms. The normalized spacial score (nSPS) is 12.6. The van der Waals surface area contributed by atoms with Crippen molar-refractivity contribution in [3.05, 3.63) is 102 Å². The molecule has 0 fully saturated rings. The number of nitrogens with one attached hydrogen (secondary N) is 2. The molecule has 0 saturated carbocycles. The van der Waals surface area contributed by atoms with E-state index in [1.54, 1.807) is 25.1 Å². The van der Waals surface area contributed by atoms with E-state index in [9.17, 15) is 13.2 Å². The molecule has 4 rings (SSSR count). The van der Waals surface area contributed by atoms with Gasteiger partial charge < -0.3 is 9.73 Å². The number of fused-ring (bicyclic) bond motifs is 1. The molecule has 0 aliphatic heterocycles. The lowest BCUT2D eigenvalue weighted by Gasteiger charge is -2.17. The van der Waals surface area contributed by atoms with E-state index in [1.165, 1.54) is 18.4 Å². The van der Waals surface area contributed by atoms with Gasteiger partial charge in [0, 0.05) is 5.56 Å². The maximum atomic E-state index is 13.0. The van der Waals surface area contributed by atoms with Crippen molar-refractivity contribution in [3.8, 4) is 0 Å². The van der Waals surface area contributed by atoms with Crippen LogP contribution in [0.3, 0.4) is 0 Å². The van der Waals surface area contributed by atoms with E-state index in [-0.39, 0.29) is 23.4 Å². The molecule has 1 unspecified atom stereocenters. The zero-order valence-electron chi connectivity index (χ0n) is 17.8. The summed E-state index contributed by atoms with van der Waals surface area (Å²) in [5, 5.41) is 5.21. The Kier molecular flexibility index (Phi) is 6.12. The highest BCUT2D eigenvalue weighted by atomic mass is 32.2. The van der Waals surface area contributed by atoms with Crippen LogP contribution in [-0.2, 0) is 16.6 Å². The summed E-state index contributed by atoms with van der Waals surface area (Å²) in [6, 6.07) is 21.7. The van der Waals surface area contributed by atoms with Gasteiger partial charge in [-0.15, -0.1) is 0 Å². The summed E-state index contributed by atoms with van der Waals surface area (Å²) in [5.74, 6) is 0.175. The summed E-state index contributed by atoms with van der Waals surface area (Å²) in [6.07, 6.45) is 1.48. The number of hydrogen-bond acceptors (Lipinski definition) is 4. The Labute approximate surface area is 187 Å². The van der Waals surface area contributed by atoms with E-state index in [0.29, 0.717) is 16.9 Å². The van der Waals surface area contributed by atoms with Crippen LogP contribution in [-0.4, -0.2) is 14.3 Å². The Morgan fingerprint density at radius 2 is 1.75 bits per heavy atom. The quantitative estimate of drug-likeness (QED) is 0.429. The molecule has 1 aromatic heterocycles. The van der Waals surface area contributed by atoms with Crippen LogP contribution in [0.5, 0.6) is 0 Å². The van der Waals surface area contributed by atoms with Gasteiger partial charge in [0.2, 0.25) is 10.0 Å². The molecule has 0 bridgehead atoms. The molecule has 3 aromatic carbocycles. The Morgan fingerprint density at radius 3 is 2.50 bits per heavy atom. The largest absolute Gasteiger partial charge is 0.468 e. The van der Waals surface area contributed by atoms with Crippen molar-refractivity contribution in [1.29, 1.82) is 0 Å². The number of aryl methyl sites for hydroxylation is 1. The molecule has 1 atom stereocenters. The third kappa shape index (κ3) is 4.74. The van der Waals surface area contributed by atoms with Gasteiger partial charge in [-0.05, 0) is 66.1 Å². The fourth-order valence-electron chi connectivity index (χ4n) is 3.51. The highest BCUT2D eigenvalue weighted by Gasteiger charge is 2.20. The van der Waals surface area contributed by atoms with Gasteiger partial charge in [-0.3, -0.25) is 4.79 Å². The highest BCUT2D eigenvalue weighted by Crippen LogP contribution is 2.22. The predicted octanol–water partition coefficient (Wildman–Crippen LogP) is 4.71. The smallest absolute Gasteiger partial charge is 0.252 e. The van der Waals surface area contributed by atoms with E-state index < -0.39 is 10.0 Å². The molecule has 4 aromatic rings. The predicted molar refractivity (Wildman–Crippen MR) is 124 cm³/mol. The maximum absolute atomic E-state index is 13.0. The fraction of sp³-hybridized carbons (Fsp3) is 0.160. The number of rotatable bonds is 7. The molecule has 0 spiro atoms. The summed E-state index contributed by atoms with van der Waals surface area (Å²) < 4.78 is 33.1. The number of carbonyl (C=O) groups is 1. The second-order valence-corrected chi connectivity index (χ2v) is 9.45. The first kappa shape index (κ1) is 21.8. The van der Waals surface area contributed by atoms with Crippen molar-refractivity contribution in [2.24, 2.45) is 0 Å². The van der Waals surface area contributed by atoms with Crippen LogP contribution in [0.25, 0.3) is 10.8 Å². The number of furan rings is 1. The van der Waals surface area contributed by atoms with E-state index >= 15 is 0 Å². The van der Waals surface area contributed by atoms with Gasteiger partial charge in [-0.2, -0.15) is 0 Å². The molecule has 6 nitrogen and oxygen atoms in total. The van der Waals surface area contributed by atoms with Crippen molar-refractivity contribution >= 4 is 26.7 Å². The molecular formula is C25H24N2O4S. The molecule has 0 aliphatic rings. The lowest BCUT2D eigenvalue weighted by atomic mass is 10.0. The molecular weight excluding hydrogens is 424 g/mol. The Balaban J connectivity index is 1.52. The van der Waals surface area contributed by atoms with Crippen molar-refractivity contribution in [1.82, 2.24) is 10.0 Å². The SMILES string of the molecule is Cc1ccc(S(=O)(=O)NCc2ccco2)cc1C(=O)NC(C)c1ccc2ccccc2c1. The van der Waals surface area contributed by atoms with E-state index in [1.807, 2.05) is 49.4 Å². The fourth-order valence-corrected chi connectivity index (χ4v) is 4.53. The molecule has 164 valence electrons. The van der Waals surface area contributed by atoms with Gasteiger partial charge in [-0.1, -0.05) is 42.5 Å². The first-order valence-corrected chi connectivity index (χ1v) is 11.7. The summed E-state index contributed by atoms with van der Waals surface area (Å²) in [7, 11) is -3.80. The van der Waals surface area contributed by atoms with E-state index in [0.717, 1.165) is 16.3 Å². The number of amides is 1. The zero-order valence-corrected chi connectivity index (χ0v) is 18.6. The highest BCUT2D eigenvalue weighted by molar-refractivity contribution is 7.89. The van der Waals surface area contributed by atoms with Gasteiger partial charge in [0.1, 0.15) is 5.76 Å². The Morgan fingerprint density at radius 1 is 0.969 bits per heavy atom. The van der Waals surface area contributed by atoms with Crippen molar-refractivity contribution in [2.45, 2.75) is 31.3 Å². The van der Waals surface area contributed by atoms with Crippen LogP contribution in [0.1, 0.15) is 40.2 Å². The third-order valence-electron chi connectivity index (χ3n) is 5.40. The van der Waals surface area contributed by atoms with Crippen LogP contribution in [0, 0.1) is 6.92 Å². The molecule has 32 heavy (non-hydrogen) atoms. The lowest BCUT2D eigenvalue weighted by molar-refractivity contribution is 0.0939. The van der Waals surface area contributed by atoms with Crippen molar-refractivity contribution in [2.75, 3.05) is 0 Å². The second-order valence-electron chi connectivity index (χ2n) is 7.68. The summed E-state index contributed by atoms with van der Waals surface area (Å²) >= 11 is 0. The Hall–Kier alpha value is -3.42. The van der Waals surface area contributed by atoms with E-state index in [2.05, 4.69) is 10.0 Å². The first-order chi connectivity index (χ1) is 15.3. The number of carbonyl (C=O) groups excluding carboxylic acids is 1. The minimum Gasteiger partial charge on any atom is -0.468 e. The summed E-state index contributed by atoms with van der Waals surface area (Å²) in [5.41, 5.74) is 1.98. The van der Waals surface area contributed by atoms with Gasteiger partial charge >= 0.3 is 0 Å². The van der Waals surface area contributed by atoms with Crippen LogP contribution in [0.2, 0.25) is 0 Å². The lowest BCUT2D eigenvalue weighted by Crippen LogP contribution is -2.28. The monoisotopic (exact) mass is 448 g/mol. The average molecular weight is 449 g/mol. The standard InChI is InChI=1S/C25H24N2O4S/c1-17-9-12-23(32(29,30)26-16-22-8-5-13-31-22)15-24(17)25(28)27-18(2)20-11-10-19-6-3-4-7-21(19)14-20/h3-15,18,26H,16H2,1-2H3,(H,27,28). The maximum Gasteiger partial charge on any atom is 0.252 e. The second kappa shape index (κ2) is 8.98. The minimum atomic E-state index is -3.80. The van der Waals surface area contributed by atoms with Crippen molar-refractivity contribution < 1.29 is 17.6 Å². The minimum absolute atomic E-state index is 0.0261. The summed E-state index contributed by atoms with van der Waals surface area (Å²) in [6.45, 7) is 3.72. The van der Waals surface area contributed by atoms with Gasteiger partial charge in [0.05, 0.1) is 23.7 Å². The number of benzene rings is 3.